The van der Waals surface area contributed by atoms with E-state index in [9.17, 15) is 0 Å². The smallest absolute Gasteiger partial charge is 0.0144 e. The molecule has 0 unspecified atom stereocenters. The number of nitrogens with two attached hydrogens (primary N) is 1. The van der Waals surface area contributed by atoms with Gasteiger partial charge in [-0.05, 0) is 17.7 Å². The van der Waals surface area contributed by atoms with Gasteiger partial charge in [-0.3, -0.25) is 0 Å². The minimum absolute atomic E-state index is 0.637. The molecule has 0 aromatic heterocycles. The molecule has 0 aliphatic rings. The summed E-state index contributed by atoms with van der Waals surface area (Å²) in [5.41, 5.74) is 6.32. The molecule has 8 heavy (non-hydrogen) atoms. The van der Waals surface area contributed by atoms with Crippen LogP contribution in [0.2, 0.25) is 0 Å². The van der Waals surface area contributed by atoms with Crippen molar-refractivity contribution < 1.29 is 0 Å². The maximum Gasteiger partial charge on any atom is 0.0144 e. The van der Waals surface area contributed by atoms with Gasteiger partial charge in [-0.15, -0.1) is 12.6 Å². The minimum atomic E-state index is 0.637. The van der Waals surface area contributed by atoms with Gasteiger partial charge < -0.3 is 5.73 Å². The van der Waals surface area contributed by atoms with Gasteiger partial charge in [0, 0.05) is 5.70 Å². The van der Waals surface area contributed by atoms with Crippen LogP contribution in [0.4, 0.5) is 0 Å². The molecule has 0 bridgehead atoms. The fourth-order valence-electron chi connectivity index (χ4n) is 0.524. The molecular weight excluding hydrogens is 118 g/mol. The van der Waals surface area contributed by atoms with E-state index < -0.39 is 0 Å². The Bertz CT molecular complexity index is 86.5. The first kappa shape index (κ1) is 7.89. The van der Waals surface area contributed by atoms with Crippen molar-refractivity contribution in [2.24, 2.45) is 11.7 Å². The molecule has 0 aliphatic heterocycles. The summed E-state index contributed by atoms with van der Waals surface area (Å²) in [5, 5.41) is 1.65. The number of hydrogen-bond donors (Lipinski definition) is 2. The van der Waals surface area contributed by atoms with E-state index in [0.717, 1.165) is 12.1 Å². The second kappa shape index (κ2) is 3.84. The van der Waals surface area contributed by atoms with Gasteiger partial charge in [-0.2, -0.15) is 0 Å². The Morgan fingerprint density at radius 2 is 2.25 bits per heavy atom. The Kier molecular flexibility index (Phi) is 3.79. The van der Waals surface area contributed by atoms with Gasteiger partial charge in [-0.1, -0.05) is 13.8 Å². The van der Waals surface area contributed by atoms with Crippen molar-refractivity contribution in [3.63, 3.8) is 0 Å². The topological polar surface area (TPSA) is 26.0 Å². The van der Waals surface area contributed by atoms with E-state index in [2.05, 4.69) is 26.5 Å². The molecule has 0 aromatic carbocycles. The van der Waals surface area contributed by atoms with E-state index in [1.807, 2.05) is 0 Å². The number of thiol groups is 1. The lowest BCUT2D eigenvalue weighted by molar-refractivity contribution is 0.639. The Labute approximate surface area is 56.4 Å². The number of hydrogen-bond acceptors (Lipinski definition) is 2. The molecule has 0 atom stereocenters. The summed E-state index contributed by atoms with van der Waals surface area (Å²) in [6, 6.07) is 0. The third kappa shape index (κ3) is 4.06. The summed E-state index contributed by atoms with van der Waals surface area (Å²) in [6.07, 6.45) is 0.948. The molecule has 0 saturated heterocycles. The summed E-state index contributed by atoms with van der Waals surface area (Å²) in [5.74, 6) is 0.637. The zero-order chi connectivity index (χ0) is 6.57. The van der Waals surface area contributed by atoms with E-state index in [1.54, 1.807) is 5.41 Å². The van der Waals surface area contributed by atoms with Gasteiger partial charge in [0.25, 0.3) is 0 Å². The fourth-order valence-corrected chi connectivity index (χ4v) is 0.630. The molecule has 2 N–H and O–H groups in total. The Morgan fingerprint density at radius 1 is 1.75 bits per heavy atom. The van der Waals surface area contributed by atoms with Crippen molar-refractivity contribution in [2.45, 2.75) is 20.3 Å². The van der Waals surface area contributed by atoms with Gasteiger partial charge in [0.05, 0.1) is 0 Å². The van der Waals surface area contributed by atoms with Gasteiger partial charge in [0.15, 0.2) is 0 Å². The monoisotopic (exact) mass is 131 g/mol. The molecule has 0 spiro atoms. The lowest BCUT2D eigenvalue weighted by Gasteiger charge is -2.01. The average Bonchev–Trinajstić information content (AvgIpc) is 1.65. The summed E-state index contributed by atoms with van der Waals surface area (Å²) in [4.78, 5) is 0. The van der Waals surface area contributed by atoms with Crippen LogP contribution in [-0.2, 0) is 0 Å². The van der Waals surface area contributed by atoms with Crippen LogP contribution >= 0.6 is 12.6 Å². The van der Waals surface area contributed by atoms with Gasteiger partial charge in [-0.25, -0.2) is 0 Å². The van der Waals surface area contributed by atoms with Crippen molar-refractivity contribution in [1.29, 1.82) is 0 Å². The van der Waals surface area contributed by atoms with Crippen LogP contribution in [0.1, 0.15) is 20.3 Å². The summed E-state index contributed by atoms with van der Waals surface area (Å²) in [7, 11) is 0. The largest absolute Gasteiger partial charge is 0.402 e. The molecule has 48 valence electrons. The summed E-state index contributed by atoms with van der Waals surface area (Å²) < 4.78 is 0. The van der Waals surface area contributed by atoms with Gasteiger partial charge in [0.2, 0.25) is 0 Å². The number of allylic oxidation sites excluding steroid dienone is 1. The highest BCUT2D eigenvalue weighted by molar-refractivity contribution is 7.83. The van der Waals surface area contributed by atoms with Crippen molar-refractivity contribution in [3.05, 3.63) is 11.1 Å². The van der Waals surface area contributed by atoms with Crippen molar-refractivity contribution in [3.8, 4) is 0 Å². The van der Waals surface area contributed by atoms with Crippen LogP contribution in [0.15, 0.2) is 11.1 Å². The molecule has 2 heteroatoms. The second-order valence-electron chi connectivity index (χ2n) is 2.30. The second-order valence-corrected chi connectivity index (χ2v) is 2.56. The van der Waals surface area contributed by atoms with Crippen molar-refractivity contribution >= 4 is 12.6 Å². The molecule has 1 nitrogen and oxygen atoms in total. The highest BCUT2D eigenvalue weighted by Gasteiger charge is 1.92. The normalized spacial score (nSPS) is 12.8. The lowest BCUT2D eigenvalue weighted by atomic mass is 10.1. The quantitative estimate of drug-likeness (QED) is 0.549. The molecule has 0 amide bonds. The first-order valence-corrected chi connectivity index (χ1v) is 3.27. The van der Waals surface area contributed by atoms with Gasteiger partial charge in [0.1, 0.15) is 0 Å². The van der Waals surface area contributed by atoms with Crippen molar-refractivity contribution in [1.82, 2.24) is 0 Å². The Morgan fingerprint density at radius 3 is 2.38 bits per heavy atom. The molecule has 0 radical (unpaired) electrons. The van der Waals surface area contributed by atoms with Crippen LogP contribution < -0.4 is 5.73 Å². The van der Waals surface area contributed by atoms with E-state index in [0.29, 0.717) is 5.92 Å². The predicted molar refractivity (Wildman–Crippen MR) is 40.7 cm³/mol. The average molecular weight is 131 g/mol. The van der Waals surface area contributed by atoms with Crippen LogP contribution in [-0.4, -0.2) is 0 Å². The zero-order valence-corrected chi connectivity index (χ0v) is 6.28. The van der Waals surface area contributed by atoms with E-state index in [1.165, 1.54) is 0 Å². The standard InChI is InChI=1S/C6H13NS/c1-5(2)3-6(7)4-8/h4-5,8H,3,7H2,1-2H3/b6-4-. The maximum atomic E-state index is 5.46. The lowest BCUT2D eigenvalue weighted by Crippen LogP contribution is -1.99. The van der Waals surface area contributed by atoms with E-state index in [4.69, 9.17) is 5.73 Å². The highest BCUT2D eigenvalue weighted by atomic mass is 32.1. The molecular formula is C6H13NS. The number of rotatable bonds is 2. The molecule has 0 fully saturated rings. The Hall–Kier alpha value is -0.110. The fraction of sp³-hybridized carbons (Fsp3) is 0.667. The van der Waals surface area contributed by atoms with E-state index >= 15 is 0 Å². The minimum Gasteiger partial charge on any atom is -0.402 e. The highest BCUT2D eigenvalue weighted by Crippen LogP contribution is 2.05. The third-order valence-electron chi connectivity index (χ3n) is 0.810. The molecule has 0 saturated carbocycles. The van der Waals surface area contributed by atoms with Gasteiger partial charge >= 0.3 is 0 Å². The first-order chi connectivity index (χ1) is 3.66. The van der Waals surface area contributed by atoms with E-state index in [-0.39, 0.29) is 0 Å². The zero-order valence-electron chi connectivity index (χ0n) is 5.39. The molecule has 0 aliphatic carbocycles. The SMILES string of the molecule is CC(C)C/C(N)=C/S. The van der Waals surface area contributed by atoms with Crippen molar-refractivity contribution in [2.75, 3.05) is 0 Å². The molecule has 0 heterocycles. The predicted octanol–water partition coefficient (Wildman–Crippen LogP) is 1.76. The van der Waals surface area contributed by atoms with Crippen LogP contribution in [0.25, 0.3) is 0 Å². The van der Waals surface area contributed by atoms with Crippen LogP contribution in [0.5, 0.6) is 0 Å². The molecule has 0 rings (SSSR count). The van der Waals surface area contributed by atoms with Crippen LogP contribution in [0.3, 0.4) is 0 Å². The maximum absolute atomic E-state index is 5.46. The first-order valence-electron chi connectivity index (χ1n) is 2.75. The Balaban J connectivity index is 3.39. The van der Waals surface area contributed by atoms with Crippen LogP contribution in [0, 0.1) is 5.92 Å². The molecule has 0 aromatic rings. The summed E-state index contributed by atoms with van der Waals surface area (Å²) >= 11 is 3.90. The third-order valence-corrected chi connectivity index (χ3v) is 1.14. The summed E-state index contributed by atoms with van der Waals surface area (Å²) in [6.45, 7) is 4.26.